The van der Waals surface area contributed by atoms with E-state index in [-0.39, 0.29) is 16.8 Å². The maximum absolute atomic E-state index is 12.7. The lowest BCUT2D eigenvalue weighted by molar-refractivity contribution is -0.123. The number of carbonyl (C=O) groups excluding carboxylic acids is 1. The van der Waals surface area contributed by atoms with Gasteiger partial charge in [0.05, 0.1) is 7.11 Å². The lowest BCUT2D eigenvalue weighted by Crippen LogP contribution is -2.47. The fraction of sp³-hybridized carbons (Fsp3) is 0.294. The summed E-state index contributed by atoms with van der Waals surface area (Å²) in [5.74, 6) is 0.527. The van der Waals surface area contributed by atoms with E-state index in [0.717, 1.165) is 6.42 Å². The molecule has 1 fully saturated rings. The molecule has 11 heteroatoms. The summed E-state index contributed by atoms with van der Waals surface area (Å²) in [7, 11) is -2.26. The maximum Gasteiger partial charge on any atom is 0.285 e. The van der Waals surface area contributed by atoms with Crippen LogP contribution >= 0.6 is 0 Å². The van der Waals surface area contributed by atoms with Crippen molar-refractivity contribution >= 4 is 27.7 Å². The Hall–Kier alpha value is -3.21. The molecule has 0 radical (unpaired) electrons. The van der Waals surface area contributed by atoms with Crippen molar-refractivity contribution in [2.75, 3.05) is 19.1 Å². The van der Waals surface area contributed by atoms with E-state index in [1.54, 1.807) is 29.2 Å². The molecule has 146 valence electrons. The lowest BCUT2D eigenvalue weighted by Gasteiger charge is -2.25. The molecule has 3 heterocycles. The van der Waals surface area contributed by atoms with E-state index in [9.17, 15) is 13.2 Å². The summed E-state index contributed by atoms with van der Waals surface area (Å²) < 4.78 is 33.6. The smallest absolute Gasteiger partial charge is 0.285 e. The van der Waals surface area contributed by atoms with Crippen molar-refractivity contribution in [3.63, 3.8) is 0 Å². The number of fused-ring (bicyclic) bond motifs is 1. The number of ether oxygens (including phenoxy) is 1. The summed E-state index contributed by atoms with van der Waals surface area (Å²) in [5, 5.41) is 0. The number of hydrogen-bond donors (Lipinski definition) is 2. The summed E-state index contributed by atoms with van der Waals surface area (Å²) in [6, 6.07) is 7.66. The second-order valence-corrected chi connectivity index (χ2v) is 7.85. The number of anilines is 1. The largest absolute Gasteiger partial charge is 0.481 e. The van der Waals surface area contributed by atoms with Gasteiger partial charge in [0.2, 0.25) is 11.8 Å². The highest BCUT2D eigenvalue weighted by Gasteiger charge is 2.39. The predicted molar refractivity (Wildman–Crippen MR) is 100 cm³/mol. The molecule has 1 aromatic carbocycles. The van der Waals surface area contributed by atoms with Crippen LogP contribution in [-0.2, 0) is 14.8 Å². The molecule has 1 aromatic heterocycles. The number of methoxy groups -OCH3 is 1. The first kappa shape index (κ1) is 18.2. The SMILES string of the molecule is COc1ccnc(NNC(=O)[C@@H]2CCCN2C2=NS(=O)(=O)c3ccccc32)n1. The van der Waals surface area contributed by atoms with Gasteiger partial charge in [0.25, 0.3) is 15.9 Å². The van der Waals surface area contributed by atoms with Gasteiger partial charge in [-0.2, -0.15) is 13.4 Å². The second-order valence-electron chi connectivity index (χ2n) is 6.27. The molecule has 4 rings (SSSR count). The number of amides is 1. The topological polar surface area (TPSA) is 126 Å². The Labute approximate surface area is 161 Å². The molecular formula is C17H18N6O4S. The Morgan fingerprint density at radius 2 is 2.11 bits per heavy atom. The molecule has 1 saturated heterocycles. The minimum Gasteiger partial charge on any atom is -0.481 e. The molecule has 0 unspecified atom stereocenters. The van der Waals surface area contributed by atoms with Gasteiger partial charge < -0.3 is 9.64 Å². The predicted octanol–water partition coefficient (Wildman–Crippen LogP) is 0.542. The van der Waals surface area contributed by atoms with Crippen molar-refractivity contribution < 1.29 is 17.9 Å². The van der Waals surface area contributed by atoms with Crippen LogP contribution in [0.3, 0.4) is 0 Å². The van der Waals surface area contributed by atoms with Gasteiger partial charge in [-0.1, -0.05) is 12.1 Å². The highest BCUT2D eigenvalue weighted by Crippen LogP contribution is 2.31. The summed E-state index contributed by atoms with van der Waals surface area (Å²) in [4.78, 5) is 22.7. The molecular weight excluding hydrogens is 384 g/mol. The van der Waals surface area contributed by atoms with Gasteiger partial charge in [0, 0.05) is 24.4 Å². The summed E-state index contributed by atoms with van der Waals surface area (Å²) in [6.45, 7) is 0.538. The second kappa shape index (κ2) is 7.08. The van der Waals surface area contributed by atoms with Crippen LogP contribution in [0.15, 0.2) is 45.8 Å². The van der Waals surface area contributed by atoms with E-state index in [2.05, 4.69) is 25.2 Å². The quantitative estimate of drug-likeness (QED) is 0.710. The molecule has 10 nitrogen and oxygen atoms in total. The van der Waals surface area contributed by atoms with Gasteiger partial charge in [-0.05, 0) is 25.0 Å². The van der Waals surface area contributed by atoms with Crippen molar-refractivity contribution in [2.45, 2.75) is 23.8 Å². The van der Waals surface area contributed by atoms with Gasteiger partial charge in [-0.25, -0.2) is 4.98 Å². The van der Waals surface area contributed by atoms with E-state index < -0.39 is 16.1 Å². The Kier molecular flexibility index (Phi) is 4.59. The maximum atomic E-state index is 12.7. The third-order valence-corrected chi connectivity index (χ3v) is 5.90. The average Bonchev–Trinajstić information content (AvgIpc) is 3.29. The molecule has 1 atom stereocenters. The molecule has 1 amide bonds. The van der Waals surface area contributed by atoms with Crippen LogP contribution < -0.4 is 15.6 Å². The molecule has 28 heavy (non-hydrogen) atoms. The van der Waals surface area contributed by atoms with Crippen LogP contribution in [0, 0.1) is 0 Å². The first-order valence-corrected chi connectivity index (χ1v) is 10.1. The minimum absolute atomic E-state index is 0.166. The zero-order valence-electron chi connectivity index (χ0n) is 15.0. The van der Waals surface area contributed by atoms with Gasteiger partial charge in [-0.15, -0.1) is 4.40 Å². The summed E-state index contributed by atoms with van der Waals surface area (Å²) >= 11 is 0. The minimum atomic E-state index is -3.74. The number of likely N-dealkylation sites (tertiary alicyclic amines) is 1. The normalized spacial score (nSPS) is 19.7. The summed E-state index contributed by atoms with van der Waals surface area (Å²) in [6.07, 6.45) is 2.82. The molecule has 0 saturated carbocycles. The molecule has 0 spiro atoms. The third kappa shape index (κ3) is 3.24. The van der Waals surface area contributed by atoms with E-state index in [4.69, 9.17) is 4.74 Å². The number of benzene rings is 1. The highest BCUT2D eigenvalue weighted by molar-refractivity contribution is 7.90. The van der Waals surface area contributed by atoms with Crippen molar-refractivity contribution in [3.8, 4) is 5.88 Å². The first-order chi connectivity index (χ1) is 13.5. The zero-order chi connectivity index (χ0) is 19.7. The molecule has 0 aliphatic carbocycles. The van der Waals surface area contributed by atoms with Crippen LogP contribution in [0.1, 0.15) is 18.4 Å². The van der Waals surface area contributed by atoms with Gasteiger partial charge in [0.1, 0.15) is 10.9 Å². The van der Waals surface area contributed by atoms with Crippen LogP contribution in [0.5, 0.6) is 5.88 Å². The van der Waals surface area contributed by atoms with Crippen molar-refractivity contribution in [3.05, 3.63) is 42.1 Å². The van der Waals surface area contributed by atoms with Gasteiger partial charge in [-0.3, -0.25) is 15.6 Å². The van der Waals surface area contributed by atoms with Crippen molar-refractivity contribution in [2.24, 2.45) is 4.40 Å². The number of amidine groups is 1. The Morgan fingerprint density at radius 1 is 1.29 bits per heavy atom. The van der Waals surface area contributed by atoms with Crippen LogP contribution in [0.25, 0.3) is 0 Å². The van der Waals surface area contributed by atoms with E-state index in [1.165, 1.54) is 19.4 Å². The Morgan fingerprint density at radius 3 is 2.93 bits per heavy atom. The zero-order valence-corrected chi connectivity index (χ0v) is 15.8. The summed E-state index contributed by atoms with van der Waals surface area (Å²) in [5.41, 5.74) is 5.75. The number of aromatic nitrogens is 2. The fourth-order valence-corrected chi connectivity index (χ4v) is 4.52. The van der Waals surface area contributed by atoms with Crippen molar-refractivity contribution in [1.29, 1.82) is 0 Å². The van der Waals surface area contributed by atoms with E-state index in [0.29, 0.717) is 30.2 Å². The molecule has 2 aliphatic rings. The Balaban J connectivity index is 1.52. The molecule has 2 N–H and O–H groups in total. The molecule has 2 aromatic rings. The molecule has 2 aliphatic heterocycles. The number of hydrazine groups is 1. The number of rotatable bonds is 4. The number of carbonyl (C=O) groups is 1. The van der Waals surface area contributed by atoms with Gasteiger partial charge >= 0.3 is 0 Å². The van der Waals surface area contributed by atoms with E-state index in [1.807, 2.05) is 0 Å². The highest BCUT2D eigenvalue weighted by atomic mass is 32.2. The van der Waals surface area contributed by atoms with E-state index >= 15 is 0 Å². The van der Waals surface area contributed by atoms with Crippen LogP contribution in [0.4, 0.5) is 5.95 Å². The third-order valence-electron chi connectivity index (χ3n) is 4.58. The number of nitrogens with zero attached hydrogens (tertiary/aromatic N) is 4. The van der Waals surface area contributed by atoms with Crippen molar-refractivity contribution in [1.82, 2.24) is 20.3 Å². The first-order valence-electron chi connectivity index (χ1n) is 8.63. The monoisotopic (exact) mass is 402 g/mol. The average molecular weight is 402 g/mol. The number of nitrogens with one attached hydrogen (secondary N) is 2. The van der Waals surface area contributed by atoms with Gasteiger partial charge in [0.15, 0.2) is 5.84 Å². The standard InChI is InChI=1S/C17H18N6O4S/c1-27-14-8-9-18-17(19-14)21-20-16(24)12-6-4-10-23(12)15-11-5-2-3-7-13(11)28(25,26)22-15/h2-3,5,7-9,12H,4,6,10H2,1H3,(H,20,24)(H,18,19,21)/t12-/m0/s1. The molecule has 0 bridgehead atoms. The number of hydrogen-bond acceptors (Lipinski definition) is 8. The van der Waals surface area contributed by atoms with Crippen LogP contribution in [0.2, 0.25) is 0 Å². The number of sulfonamides is 1. The van der Waals surface area contributed by atoms with Crippen LogP contribution in [-0.4, -0.2) is 54.7 Å². The Bertz CT molecular complexity index is 1060. The fourth-order valence-electron chi connectivity index (χ4n) is 3.31. The lowest BCUT2D eigenvalue weighted by atomic mass is 10.1.